The average molecular weight is 416 g/mol. The Labute approximate surface area is 176 Å². The second-order valence-corrected chi connectivity index (χ2v) is 7.10. The normalized spacial score (nSPS) is 16.7. The molecule has 0 amide bonds. The number of guanidine groups is 1. The molecule has 1 N–H and O–H groups in total. The van der Waals surface area contributed by atoms with Gasteiger partial charge in [0.2, 0.25) is 5.88 Å². The van der Waals surface area contributed by atoms with Crippen LogP contribution in [0.25, 0.3) is 0 Å². The lowest BCUT2D eigenvalue weighted by atomic mass is 10.1. The number of benzene rings is 1. The number of nitrogens with one attached hydrogen (secondary N) is 1. The van der Waals surface area contributed by atoms with Crippen molar-refractivity contribution >= 4 is 5.96 Å². The van der Waals surface area contributed by atoms with E-state index in [9.17, 15) is 4.39 Å². The monoisotopic (exact) mass is 416 g/mol. The van der Waals surface area contributed by atoms with E-state index in [0.29, 0.717) is 37.3 Å². The molecule has 1 aliphatic heterocycles. The molecule has 1 aromatic carbocycles. The molecule has 1 unspecified atom stereocenters. The smallest absolute Gasteiger partial charge is 0.224 e. The van der Waals surface area contributed by atoms with Crippen LogP contribution in [0, 0.1) is 11.7 Å². The van der Waals surface area contributed by atoms with Crippen LogP contribution < -0.4 is 10.1 Å². The van der Waals surface area contributed by atoms with E-state index in [1.165, 1.54) is 12.1 Å². The van der Waals surface area contributed by atoms with Crippen LogP contribution in [0.1, 0.15) is 12.0 Å². The van der Waals surface area contributed by atoms with E-state index in [2.05, 4.69) is 20.2 Å². The molecule has 1 aliphatic rings. The van der Waals surface area contributed by atoms with Crippen molar-refractivity contribution in [3.63, 3.8) is 0 Å². The van der Waals surface area contributed by atoms with Crippen molar-refractivity contribution in [2.75, 3.05) is 47.1 Å². The SMILES string of the molecule is CN=C(NCc1cccnc1Oc1cccc(F)c1)N1CCC(COCCOC)C1. The van der Waals surface area contributed by atoms with Gasteiger partial charge in [0, 0.05) is 57.5 Å². The molecular weight excluding hydrogens is 387 g/mol. The number of hydrogen-bond donors (Lipinski definition) is 1. The summed E-state index contributed by atoms with van der Waals surface area (Å²) in [5, 5.41) is 3.38. The fourth-order valence-corrected chi connectivity index (χ4v) is 3.35. The molecule has 0 radical (unpaired) electrons. The Balaban J connectivity index is 1.54. The Bertz CT molecular complexity index is 834. The van der Waals surface area contributed by atoms with Crippen molar-refractivity contribution in [3.05, 3.63) is 54.0 Å². The third-order valence-electron chi connectivity index (χ3n) is 4.88. The van der Waals surface area contributed by atoms with E-state index in [0.717, 1.165) is 37.6 Å². The molecular formula is C22H29FN4O3. The van der Waals surface area contributed by atoms with Crippen LogP contribution in [0.15, 0.2) is 47.6 Å². The molecule has 30 heavy (non-hydrogen) atoms. The maximum Gasteiger partial charge on any atom is 0.224 e. The van der Waals surface area contributed by atoms with Gasteiger partial charge in [-0.1, -0.05) is 12.1 Å². The first-order valence-electron chi connectivity index (χ1n) is 10.1. The number of rotatable bonds is 9. The van der Waals surface area contributed by atoms with Crippen LogP contribution in [0.3, 0.4) is 0 Å². The Hall–Kier alpha value is -2.71. The van der Waals surface area contributed by atoms with Crippen LogP contribution in [-0.4, -0.2) is 62.9 Å². The molecule has 1 atom stereocenters. The van der Waals surface area contributed by atoms with E-state index in [-0.39, 0.29) is 5.82 Å². The van der Waals surface area contributed by atoms with E-state index >= 15 is 0 Å². The molecule has 2 heterocycles. The number of aliphatic imine (C=N–C) groups is 1. The number of halogens is 1. The summed E-state index contributed by atoms with van der Waals surface area (Å²) < 4.78 is 29.9. The molecule has 3 rings (SSSR count). The topological polar surface area (TPSA) is 68.2 Å². The lowest BCUT2D eigenvalue weighted by molar-refractivity contribution is 0.0536. The van der Waals surface area contributed by atoms with Crippen LogP contribution in [0.4, 0.5) is 4.39 Å². The summed E-state index contributed by atoms with van der Waals surface area (Å²) in [5.41, 5.74) is 0.863. The van der Waals surface area contributed by atoms with Gasteiger partial charge in [-0.3, -0.25) is 4.99 Å². The highest BCUT2D eigenvalue weighted by molar-refractivity contribution is 5.80. The summed E-state index contributed by atoms with van der Waals surface area (Å²) in [4.78, 5) is 10.9. The van der Waals surface area contributed by atoms with Gasteiger partial charge in [0.25, 0.3) is 0 Å². The van der Waals surface area contributed by atoms with Crippen LogP contribution in [-0.2, 0) is 16.0 Å². The average Bonchev–Trinajstić information content (AvgIpc) is 3.22. The van der Waals surface area contributed by atoms with Gasteiger partial charge in [0.05, 0.1) is 19.8 Å². The van der Waals surface area contributed by atoms with Gasteiger partial charge in [-0.2, -0.15) is 0 Å². The van der Waals surface area contributed by atoms with Crippen molar-refractivity contribution in [1.82, 2.24) is 15.2 Å². The molecule has 162 valence electrons. The zero-order valence-corrected chi connectivity index (χ0v) is 17.5. The lowest BCUT2D eigenvalue weighted by Crippen LogP contribution is -2.40. The fraction of sp³-hybridized carbons (Fsp3) is 0.455. The minimum Gasteiger partial charge on any atom is -0.439 e. The predicted molar refractivity (Wildman–Crippen MR) is 113 cm³/mol. The van der Waals surface area contributed by atoms with Crippen molar-refractivity contribution < 1.29 is 18.6 Å². The molecule has 1 saturated heterocycles. The lowest BCUT2D eigenvalue weighted by Gasteiger charge is -2.22. The minimum atomic E-state index is -0.349. The highest BCUT2D eigenvalue weighted by Gasteiger charge is 2.25. The van der Waals surface area contributed by atoms with E-state index in [1.54, 1.807) is 32.5 Å². The molecule has 0 saturated carbocycles. The summed E-state index contributed by atoms with van der Waals surface area (Å²) in [6, 6.07) is 9.80. The van der Waals surface area contributed by atoms with Gasteiger partial charge in [-0.15, -0.1) is 0 Å². The first-order valence-corrected chi connectivity index (χ1v) is 10.1. The fourth-order valence-electron chi connectivity index (χ4n) is 3.35. The third kappa shape index (κ3) is 6.40. The van der Waals surface area contributed by atoms with Crippen molar-refractivity contribution in [3.8, 4) is 11.6 Å². The highest BCUT2D eigenvalue weighted by Crippen LogP contribution is 2.23. The number of pyridine rings is 1. The number of hydrogen-bond acceptors (Lipinski definition) is 5. The van der Waals surface area contributed by atoms with Gasteiger partial charge in [-0.05, 0) is 24.6 Å². The molecule has 7 nitrogen and oxygen atoms in total. The largest absolute Gasteiger partial charge is 0.439 e. The molecule has 1 aromatic heterocycles. The highest BCUT2D eigenvalue weighted by atomic mass is 19.1. The summed E-state index contributed by atoms with van der Waals surface area (Å²) >= 11 is 0. The Morgan fingerprint density at radius 3 is 3.00 bits per heavy atom. The number of likely N-dealkylation sites (tertiary alicyclic amines) is 1. The van der Waals surface area contributed by atoms with E-state index < -0.39 is 0 Å². The number of nitrogens with zero attached hydrogens (tertiary/aromatic N) is 3. The number of methoxy groups -OCH3 is 1. The van der Waals surface area contributed by atoms with Crippen LogP contribution >= 0.6 is 0 Å². The molecule has 8 heteroatoms. The maximum atomic E-state index is 13.4. The second-order valence-electron chi connectivity index (χ2n) is 7.10. The van der Waals surface area contributed by atoms with Crippen molar-refractivity contribution in [1.29, 1.82) is 0 Å². The number of ether oxygens (including phenoxy) is 3. The van der Waals surface area contributed by atoms with Crippen LogP contribution in [0.2, 0.25) is 0 Å². The Morgan fingerprint density at radius 2 is 2.20 bits per heavy atom. The molecule has 2 aromatic rings. The van der Waals surface area contributed by atoms with E-state index in [1.807, 2.05) is 12.1 Å². The summed E-state index contributed by atoms with van der Waals surface area (Å²) in [6.07, 6.45) is 2.72. The Morgan fingerprint density at radius 1 is 1.30 bits per heavy atom. The summed E-state index contributed by atoms with van der Waals surface area (Å²) in [5.74, 6) is 1.81. The first kappa shape index (κ1) is 22.0. The molecule has 0 bridgehead atoms. The minimum absolute atomic E-state index is 0.349. The summed E-state index contributed by atoms with van der Waals surface area (Å²) in [6.45, 7) is 4.28. The van der Waals surface area contributed by atoms with Gasteiger partial charge in [0.15, 0.2) is 5.96 Å². The predicted octanol–water partition coefficient (Wildman–Crippen LogP) is 3.07. The zero-order chi connectivity index (χ0) is 21.2. The second kappa shape index (κ2) is 11.5. The van der Waals surface area contributed by atoms with Gasteiger partial charge in [-0.25, -0.2) is 9.37 Å². The van der Waals surface area contributed by atoms with Crippen molar-refractivity contribution in [2.24, 2.45) is 10.9 Å². The van der Waals surface area contributed by atoms with Crippen molar-refractivity contribution in [2.45, 2.75) is 13.0 Å². The molecule has 0 spiro atoms. The van der Waals surface area contributed by atoms with Gasteiger partial charge in [0.1, 0.15) is 11.6 Å². The number of aromatic nitrogens is 1. The third-order valence-corrected chi connectivity index (χ3v) is 4.88. The van der Waals surface area contributed by atoms with Gasteiger partial charge < -0.3 is 24.4 Å². The molecule has 1 fully saturated rings. The Kier molecular flexibility index (Phi) is 8.41. The van der Waals surface area contributed by atoms with E-state index in [4.69, 9.17) is 14.2 Å². The quantitative estimate of drug-likeness (QED) is 0.385. The standard InChI is InChI=1S/C22H29FN4O3/c1-24-22(27-10-8-17(15-27)16-29-12-11-28-2)26-14-18-5-4-9-25-21(18)30-20-7-3-6-19(23)13-20/h3-7,9,13,17H,8,10-12,14-16H2,1-2H3,(H,24,26). The van der Waals surface area contributed by atoms with Gasteiger partial charge >= 0.3 is 0 Å². The zero-order valence-electron chi connectivity index (χ0n) is 17.5. The maximum absolute atomic E-state index is 13.4. The molecule has 0 aliphatic carbocycles. The summed E-state index contributed by atoms with van der Waals surface area (Å²) in [7, 11) is 3.45. The van der Waals surface area contributed by atoms with Crippen LogP contribution in [0.5, 0.6) is 11.6 Å². The first-order chi connectivity index (χ1) is 14.7.